The lowest BCUT2D eigenvalue weighted by Crippen LogP contribution is -2.04. The van der Waals surface area contributed by atoms with Gasteiger partial charge in [0.1, 0.15) is 5.75 Å². The van der Waals surface area contributed by atoms with Crippen LogP contribution in [-0.2, 0) is 12.3 Å². The number of aryl methyl sites for hydroxylation is 1. The molecule has 0 bridgehead atoms. The maximum absolute atomic E-state index is 11.5. The van der Waals surface area contributed by atoms with E-state index < -0.39 is 4.92 Å². The monoisotopic (exact) mass is 447 g/mol. The fourth-order valence-electron chi connectivity index (χ4n) is 2.69. The van der Waals surface area contributed by atoms with E-state index in [9.17, 15) is 10.1 Å². The molecule has 0 atom stereocenters. The summed E-state index contributed by atoms with van der Waals surface area (Å²) in [5.74, 6) is 1.87. The smallest absolute Gasteiger partial charge is 0.396 e. The molecule has 0 amide bonds. The largest absolute Gasteiger partial charge is 0.496 e. The van der Waals surface area contributed by atoms with Gasteiger partial charge in [-0.15, -0.1) is 0 Å². The Bertz CT molecular complexity index is 960. The Balaban J connectivity index is 1.88. The first-order valence-electron chi connectivity index (χ1n) is 8.20. The van der Waals surface area contributed by atoms with E-state index in [1.54, 1.807) is 14.0 Å². The predicted octanol–water partition coefficient (Wildman–Crippen LogP) is 5.21. The van der Waals surface area contributed by atoms with Crippen LogP contribution in [0.1, 0.15) is 17.0 Å². The van der Waals surface area contributed by atoms with Crippen LogP contribution >= 0.6 is 27.7 Å². The molecular formula is C19H18BrN3O3S. The van der Waals surface area contributed by atoms with Crippen molar-refractivity contribution < 1.29 is 9.66 Å². The van der Waals surface area contributed by atoms with Gasteiger partial charge in [-0.25, -0.2) is 0 Å². The minimum Gasteiger partial charge on any atom is -0.496 e. The van der Waals surface area contributed by atoms with Crippen LogP contribution in [0.15, 0.2) is 58.0 Å². The van der Waals surface area contributed by atoms with Gasteiger partial charge in [0.25, 0.3) is 0 Å². The fourth-order valence-corrected chi connectivity index (χ4v) is 4.37. The molecule has 2 aromatic carbocycles. The van der Waals surface area contributed by atoms with E-state index in [-0.39, 0.29) is 5.82 Å². The van der Waals surface area contributed by atoms with Crippen molar-refractivity contribution in [3.05, 3.63) is 80.1 Å². The standard InChI is InChI=1S/C19H18BrN3O3S/c1-13-21-18(23(24)25)19(22(13)11-14-6-4-3-5-7-14)27-12-15-8-9-17(26-2)16(20)10-15/h3-10H,11-12H2,1-2H3. The first kappa shape index (κ1) is 19.4. The number of aromatic nitrogens is 2. The quantitative estimate of drug-likeness (QED) is 0.282. The van der Waals surface area contributed by atoms with Crippen molar-refractivity contribution in [2.24, 2.45) is 0 Å². The first-order valence-corrected chi connectivity index (χ1v) is 9.98. The summed E-state index contributed by atoms with van der Waals surface area (Å²) in [7, 11) is 1.61. The minimum atomic E-state index is -0.416. The molecule has 0 aliphatic carbocycles. The van der Waals surface area contributed by atoms with Crippen molar-refractivity contribution in [3.63, 3.8) is 0 Å². The zero-order valence-corrected chi connectivity index (χ0v) is 17.3. The lowest BCUT2D eigenvalue weighted by atomic mass is 10.2. The molecule has 0 aliphatic rings. The van der Waals surface area contributed by atoms with Crippen LogP contribution in [-0.4, -0.2) is 21.6 Å². The van der Waals surface area contributed by atoms with E-state index >= 15 is 0 Å². The molecule has 140 valence electrons. The van der Waals surface area contributed by atoms with Crippen molar-refractivity contribution in [1.82, 2.24) is 9.55 Å². The fraction of sp³-hybridized carbons (Fsp3) is 0.211. The third kappa shape index (κ3) is 4.51. The number of ether oxygens (including phenoxy) is 1. The van der Waals surface area contributed by atoms with Gasteiger partial charge in [0.15, 0.2) is 5.03 Å². The highest BCUT2D eigenvalue weighted by molar-refractivity contribution is 9.10. The van der Waals surface area contributed by atoms with Gasteiger partial charge in [-0.2, -0.15) is 0 Å². The molecule has 0 radical (unpaired) electrons. The van der Waals surface area contributed by atoms with Crippen molar-refractivity contribution in [2.45, 2.75) is 24.2 Å². The molecule has 0 saturated carbocycles. The molecule has 6 nitrogen and oxygen atoms in total. The summed E-state index contributed by atoms with van der Waals surface area (Å²) < 4.78 is 8.00. The summed E-state index contributed by atoms with van der Waals surface area (Å²) >= 11 is 4.89. The Morgan fingerprint density at radius 1 is 1.22 bits per heavy atom. The molecule has 0 unspecified atom stereocenters. The second-order valence-corrected chi connectivity index (χ2v) is 7.69. The molecule has 0 N–H and O–H groups in total. The maximum atomic E-state index is 11.5. The number of rotatable bonds is 7. The van der Waals surface area contributed by atoms with Gasteiger partial charge in [0.2, 0.25) is 5.82 Å². The molecule has 27 heavy (non-hydrogen) atoms. The summed E-state index contributed by atoms with van der Waals surface area (Å²) in [5.41, 5.74) is 2.11. The lowest BCUT2D eigenvalue weighted by molar-refractivity contribution is -0.392. The molecule has 0 fully saturated rings. The van der Waals surface area contributed by atoms with Crippen LogP contribution in [0.5, 0.6) is 5.75 Å². The van der Waals surface area contributed by atoms with Crippen LogP contribution in [0.2, 0.25) is 0 Å². The number of benzene rings is 2. The normalized spacial score (nSPS) is 10.8. The van der Waals surface area contributed by atoms with Crippen LogP contribution in [0.25, 0.3) is 0 Å². The molecule has 0 spiro atoms. The molecule has 0 saturated heterocycles. The molecule has 3 rings (SSSR count). The number of hydrogen-bond acceptors (Lipinski definition) is 5. The van der Waals surface area contributed by atoms with Crippen molar-refractivity contribution >= 4 is 33.5 Å². The number of nitro groups is 1. The molecule has 1 heterocycles. The van der Waals surface area contributed by atoms with Gasteiger partial charge in [-0.05, 0) is 49.1 Å². The highest BCUT2D eigenvalue weighted by Gasteiger charge is 2.26. The van der Waals surface area contributed by atoms with Crippen molar-refractivity contribution in [3.8, 4) is 5.75 Å². The van der Waals surface area contributed by atoms with E-state index in [1.165, 1.54) is 11.8 Å². The van der Waals surface area contributed by atoms with Crippen LogP contribution in [0.3, 0.4) is 0 Å². The van der Waals surface area contributed by atoms with E-state index in [2.05, 4.69) is 20.9 Å². The van der Waals surface area contributed by atoms with Crippen LogP contribution in [0.4, 0.5) is 5.82 Å². The van der Waals surface area contributed by atoms with Gasteiger partial charge in [0, 0.05) is 12.7 Å². The zero-order chi connectivity index (χ0) is 19.4. The Morgan fingerprint density at radius 2 is 1.96 bits per heavy atom. The minimum absolute atomic E-state index is 0.0963. The third-order valence-corrected chi connectivity index (χ3v) is 5.82. The molecule has 1 aromatic heterocycles. The van der Waals surface area contributed by atoms with Gasteiger partial charge in [-0.1, -0.05) is 48.2 Å². The molecule has 8 heteroatoms. The zero-order valence-electron chi connectivity index (χ0n) is 14.9. The molecular weight excluding hydrogens is 430 g/mol. The second-order valence-electron chi connectivity index (χ2n) is 5.87. The highest BCUT2D eigenvalue weighted by atomic mass is 79.9. The van der Waals surface area contributed by atoms with E-state index in [1.807, 2.05) is 53.1 Å². The lowest BCUT2D eigenvalue weighted by Gasteiger charge is -2.09. The highest BCUT2D eigenvalue weighted by Crippen LogP contribution is 2.34. The number of nitrogens with zero attached hydrogens (tertiary/aromatic N) is 3. The first-order chi connectivity index (χ1) is 13.0. The van der Waals surface area contributed by atoms with Crippen molar-refractivity contribution in [2.75, 3.05) is 7.11 Å². The van der Waals surface area contributed by atoms with E-state index in [0.29, 0.717) is 23.1 Å². The van der Waals surface area contributed by atoms with Gasteiger partial charge < -0.3 is 14.9 Å². The summed E-state index contributed by atoms with van der Waals surface area (Å²) in [6.07, 6.45) is 0. The SMILES string of the molecule is COc1ccc(CSc2c([N+](=O)[O-])nc(C)n2Cc2ccccc2)cc1Br. The summed E-state index contributed by atoms with van der Waals surface area (Å²) in [6.45, 7) is 2.34. The number of thioether (sulfide) groups is 1. The number of hydrogen-bond donors (Lipinski definition) is 0. The van der Waals surface area contributed by atoms with Gasteiger partial charge in [-0.3, -0.25) is 4.57 Å². The third-order valence-electron chi connectivity index (χ3n) is 4.04. The Kier molecular flexibility index (Phi) is 6.18. The Morgan fingerprint density at radius 3 is 2.59 bits per heavy atom. The van der Waals surface area contributed by atoms with Crippen LogP contribution < -0.4 is 4.74 Å². The van der Waals surface area contributed by atoms with E-state index in [4.69, 9.17) is 4.74 Å². The second kappa shape index (κ2) is 8.58. The Hall–Kier alpha value is -2.32. The number of methoxy groups -OCH3 is 1. The molecule has 0 aliphatic heterocycles. The number of halogens is 1. The summed E-state index contributed by atoms with van der Waals surface area (Å²) in [5, 5.41) is 12.0. The average Bonchev–Trinajstić information content (AvgIpc) is 2.97. The van der Waals surface area contributed by atoms with Crippen LogP contribution in [0, 0.1) is 17.0 Å². The Labute approximate surface area is 169 Å². The topological polar surface area (TPSA) is 70.2 Å². The summed E-state index contributed by atoms with van der Waals surface area (Å²) in [6, 6.07) is 15.6. The van der Waals surface area contributed by atoms with E-state index in [0.717, 1.165) is 21.3 Å². The predicted molar refractivity (Wildman–Crippen MR) is 109 cm³/mol. The molecule has 3 aromatic rings. The maximum Gasteiger partial charge on any atom is 0.396 e. The van der Waals surface area contributed by atoms with Crippen molar-refractivity contribution in [1.29, 1.82) is 0 Å². The number of imidazole rings is 1. The summed E-state index contributed by atoms with van der Waals surface area (Å²) in [4.78, 5) is 15.2. The van der Waals surface area contributed by atoms with Gasteiger partial charge >= 0.3 is 5.82 Å². The van der Waals surface area contributed by atoms with Gasteiger partial charge in [0.05, 0.1) is 18.1 Å². The average molecular weight is 448 g/mol.